The summed E-state index contributed by atoms with van der Waals surface area (Å²) in [5, 5.41) is 9.67. The standard InChI is InChI=1S/C17H18ClN5O/c18-15-6-7-16-19-10-14(22(16)21-15)12-9-13(11-4-5-11)23(20-12)17-3-1-2-8-24-17/h6-7,9-11,17H,1-5,8H2. The molecule has 3 aromatic heterocycles. The van der Waals surface area contributed by atoms with E-state index >= 15 is 0 Å². The van der Waals surface area contributed by atoms with Gasteiger partial charge in [-0.25, -0.2) is 14.2 Å². The summed E-state index contributed by atoms with van der Waals surface area (Å²) in [6.07, 6.45) is 7.68. The average molecular weight is 344 g/mol. The molecule has 0 N–H and O–H groups in total. The van der Waals surface area contributed by atoms with E-state index in [1.54, 1.807) is 10.6 Å². The van der Waals surface area contributed by atoms with Gasteiger partial charge < -0.3 is 4.74 Å². The normalized spacial score (nSPS) is 21.5. The van der Waals surface area contributed by atoms with E-state index in [1.165, 1.54) is 25.0 Å². The summed E-state index contributed by atoms with van der Waals surface area (Å²) >= 11 is 6.05. The second-order valence-electron chi connectivity index (χ2n) is 6.56. The Kier molecular flexibility index (Phi) is 3.35. The Hall–Kier alpha value is -1.92. The molecule has 0 amide bonds. The summed E-state index contributed by atoms with van der Waals surface area (Å²) < 4.78 is 9.81. The van der Waals surface area contributed by atoms with Crippen molar-refractivity contribution < 1.29 is 4.74 Å². The lowest BCUT2D eigenvalue weighted by Gasteiger charge is -2.24. The number of ether oxygens (including phenoxy) is 1. The Bertz CT molecular complexity index is 892. The molecule has 6 nitrogen and oxygen atoms in total. The van der Waals surface area contributed by atoms with Crippen molar-refractivity contribution in [1.29, 1.82) is 0 Å². The maximum absolute atomic E-state index is 6.05. The van der Waals surface area contributed by atoms with Crippen molar-refractivity contribution in [1.82, 2.24) is 24.4 Å². The van der Waals surface area contributed by atoms with Crippen LogP contribution in [0.2, 0.25) is 5.15 Å². The van der Waals surface area contributed by atoms with Gasteiger partial charge in [0, 0.05) is 18.2 Å². The first-order valence-electron chi connectivity index (χ1n) is 8.51. The van der Waals surface area contributed by atoms with Gasteiger partial charge >= 0.3 is 0 Å². The molecule has 124 valence electrons. The highest BCUT2D eigenvalue weighted by Gasteiger charge is 2.32. The molecule has 0 bridgehead atoms. The monoisotopic (exact) mass is 343 g/mol. The minimum Gasteiger partial charge on any atom is -0.357 e. The van der Waals surface area contributed by atoms with Gasteiger partial charge in [-0.05, 0) is 50.3 Å². The van der Waals surface area contributed by atoms with Crippen LogP contribution in [0.15, 0.2) is 24.4 Å². The lowest BCUT2D eigenvalue weighted by atomic mass is 10.2. The highest BCUT2D eigenvalue weighted by Crippen LogP contribution is 2.43. The SMILES string of the molecule is Clc1ccc2ncc(-c3cc(C4CC4)n(C4CCCCO4)n3)n2n1. The summed E-state index contributed by atoms with van der Waals surface area (Å²) in [6.45, 7) is 0.816. The van der Waals surface area contributed by atoms with Crippen LogP contribution in [0.25, 0.3) is 17.0 Å². The zero-order chi connectivity index (χ0) is 16.1. The second kappa shape index (κ2) is 5.57. The van der Waals surface area contributed by atoms with Crippen molar-refractivity contribution in [2.24, 2.45) is 0 Å². The molecule has 7 heteroatoms. The van der Waals surface area contributed by atoms with Crippen LogP contribution in [0.3, 0.4) is 0 Å². The molecule has 1 saturated heterocycles. The van der Waals surface area contributed by atoms with E-state index < -0.39 is 0 Å². The number of hydrogen-bond acceptors (Lipinski definition) is 4. The molecule has 24 heavy (non-hydrogen) atoms. The van der Waals surface area contributed by atoms with Crippen LogP contribution in [-0.4, -0.2) is 31.0 Å². The van der Waals surface area contributed by atoms with Crippen molar-refractivity contribution in [2.75, 3.05) is 6.61 Å². The molecular weight excluding hydrogens is 326 g/mol. The van der Waals surface area contributed by atoms with Crippen molar-refractivity contribution in [3.63, 3.8) is 0 Å². The van der Waals surface area contributed by atoms with Gasteiger partial charge in [0.05, 0.1) is 6.20 Å². The van der Waals surface area contributed by atoms with Crippen molar-refractivity contribution in [3.8, 4) is 11.4 Å². The lowest BCUT2D eigenvalue weighted by molar-refractivity contribution is -0.0410. The summed E-state index contributed by atoms with van der Waals surface area (Å²) in [7, 11) is 0. The predicted molar refractivity (Wildman–Crippen MR) is 90.0 cm³/mol. The van der Waals surface area contributed by atoms with E-state index in [0.29, 0.717) is 11.1 Å². The first kappa shape index (κ1) is 14.4. The molecule has 2 fully saturated rings. The zero-order valence-electron chi connectivity index (χ0n) is 13.2. The molecule has 2 aliphatic rings. The Morgan fingerprint density at radius 3 is 2.83 bits per heavy atom. The molecule has 3 aromatic rings. The maximum Gasteiger partial charge on any atom is 0.154 e. The molecule has 1 unspecified atom stereocenters. The smallest absolute Gasteiger partial charge is 0.154 e. The summed E-state index contributed by atoms with van der Waals surface area (Å²) in [5.41, 5.74) is 3.79. The predicted octanol–water partition coefficient (Wildman–Crippen LogP) is 3.82. The van der Waals surface area contributed by atoms with E-state index in [0.717, 1.165) is 36.5 Å². The first-order valence-corrected chi connectivity index (χ1v) is 8.89. The van der Waals surface area contributed by atoms with Gasteiger partial charge in [0.25, 0.3) is 0 Å². The molecule has 0 spiro atoms. The summed E-state index contributed by atoms with van der Waals surface area (Å²) in [4.78, 5) is 4.41. The van der Waals surface area contributed by atoms with Gasteiger partial charge in [-0.2, -0.15) is 10.2 Å². The van der Waals surface area contributed by atoms with Crippen LogP contribution in [0.1, 0.15) is 49.9 Å². The van der Waals surface area contributed by atoms with Gasteiger partial charge in [-0.3, -0.25) is 0 Å². The fourth-order valence-electron chi connectivity index (χ4n) is 3.39. The lowest BCUT2D eigenvalue weighted by Crippen LogP contribution is -2.20. The molecule has 0 radical (unpaired) electrons. The third kappa shape index (κ3) is 2.41. The van der Waals surface area contributed by atoms with E-state index in [4.69, 9.17) is 21.4 Å². The molecule has 5 rings (SSSR count). The Morgan fingerprint density at radius 2 is 2.04 bits per heavy atom. The van der Waals surface area contributed by atoms with Gasteiger partial charge in [-0.1, -0.05) is 11.6 Å². The largest absolute Gasteiger partial charge is 0.357 e. The minimum absolute atomic E-state index is 0.0545. The number of rotatable bonds is 3. The van der Waals surface area contributed by atoms with E-state index in [-0.39, 0.29) is 6.23 Å². The quantitative estimate of drug-likeness (QED) is 0.725. The molecule has 0 aromatic carbocycles. The second-order valence-corrected chi connectivity index (χ2v) is 6.95. The van der Waals surface area contributed by atoms with Gasteiger partial charge in [0.15, 0.2) is 5.65 Å². The highest BCUT2D eigenvalue weighted by molar-refractivity contribution is 6.29. The molecule has 1 aliphatic heterocycles. The third-order valence-corrected chi connectivity index (χ3v) is 4.98. The highest BCUT2D eigenvalue weighted by atomic mass is 35.5. The van der Waals surface area contributed by atoms with Crippen LogP contribution in [0.5, 0.6) is 0 Å². The molecular formula is C17H18ClN5O. The summed E-state index contributed by atoms with van der Waals surface area (Å²) in [5.74, 6) is 0.604. The molecule has 4 heterocycles. The van der Waals surface area contributed by atoms with E-state index in [2.05, 4.69) is 20.8 Å². The fraction of sp³-hybridized carbons (Fsp3) is 0.471. The maximum atomic E-state index is 6.05. The Morgan fingerprint density at radius 1 is 1.12 bits per heavy atom. The molecule has 1 aliphatic carbocycles. The minimum atomic E-state index is 0.0545. The average Bonchev–Trinajstić information content (AvgIpc) is 3.23. The number of nitrogens with zero attached hydrogens (tertiary/aromatic N) is 5. The van der Waals surface area contributed by atoms with Gasteiger partial charge in [0.2, 0.25) is 0 Å². The fourth-order valence-corrected chi connectivity index (χ4v) is 3.53. The van der Waals surface area contributed by atoms with Gasteiger partial charge in [-0.15, -0.1) is 0 Å². The van der Waals surface area contributed by atoms with Crippen molar-refractivity contribution >= 4 is 17.2 Å². The van der Waals surface area contributed by atoms with E-state index in [1.807, 2.05) is 12.3 Å². The van der Waals surface area contributed by atoms with Crippen molar-refractivity contribution in [3.05, 3.63) is 35.2 Å². The Balaban J connectivity index is 1.61. The number of fused-ring (bicyclic) bond motifs is 1. The third-order valence-electron chi connectivity index (χ3n) is 4.78. The molecule has 1 atom stereocenters. The number of aromatic nitrogens is 5. The number of hydrogen-bond donors (Lipinski definition) is 0. The van der Waals surface area contributed by atoms with Crippen LogP contribution in [0, 0.1) is 0 Å². The van der Waals surface area contributed by atoms with Crippen LogP contribution in [-0.2, 0) is 4.74 Å². The van der Waals surface area contributed by atoms with Crippen LogP contribution >= 0.6 is 11.6 Å². The topological polar surface area (TPSA) is 57.2 Å². The number of halogens is 1. The Labute approximate surface area is 144 Å². The zero-order valence-corrected chi connectivity index (χ0v) is 14.0. The molecule has 1 saturated carbocycles. The summed E-state index contributed by atoms with van der Waals surface area (Å²) in [6, 6.07) is 5.78. The number of imidazole rings is 1. The first-order chi connectivity index (χ1) is 11.8. The van der Waals surface area contributed by atoms with Crippen LogP contribution < -0.4 is 0 Å². The van der Waals surface area contributed by atoms with Crippen LogP contribution in [0.4, 0.5) is 0 Å². The van der Waals surface area contributed by atoms with Gasteiger partial charge in [0.1, 0.15) is 22.8 Å². The van der Waals surface area contributed by atoms with E-state index in [9.17, 15) is 0 Å². The van der Waals surface area contributed by atoms with Crippen molar-refractivity contribution in [2.45, 2.75) is 44.2 Å².